The standard InChI is InChI=1S/C21H22N4O3S/c1-2-28-15-7-3-13(4-8-15)23-21(27)24-10-9-16-17(11-24)29-19-18(16)20(26)25(12-22-19)14-5-6-14/h3-4,7-8,12,14H,2,5-6,9-11H2,1H3,(H,23,27). The van der Waals surface area contributed by atoms with E-state index in [1.165, 1.54) is 11.3 Å². The van der Waals surface area contributed by atoms with Crippen molar-refractivity contribution in [3.8, 4) is 5.75 Å². The van der Waals surface area contributed by atoms with Gasteiger partial charge in [-0.1, -0.05) is 0 Å². The van der Waals surface area contributed by atoms with Gasteiger partial charge in [-0.15, -0.1) is 11.3 Å². The summed E-state index contributed by atoms with van der Waals surface area (Å²) in [5.74, 6) is 0.780. The van der Waals surface area contributed by atoms with Crippen molar-refractivity contribution in [2.45, 2.75) is 38.8 Å². The summed E-state index contributed by atoms with van der Waals surface area (Å²) < 4.78 is 7.21. The van der Waals surface area contributed by atoms with Gasteiger partial charge in [-0.3, -0.25) is 9.36 Å². The molecule has 7 nitrogen and oxygen atoms in total. The molecule has 1 fully saturated rings. The monoisotopic (exact) mass is 410 g/mol. The molecule has 150 valence electrons. The van der Waals surface area contributed by atoms with Crippen molar-refractivity contribution in [2.24, 2.45) is 0 Å². The van der Waals surface area contributed by atoms with Crippen LogP contribution in [-0.2, 0) is 13.0 Å². The highest BCUT2D eigenvalue weighted by atomic mass is 32.1. The lowest BCUT2D eigenvalue weighted by Gasteiger charge is -2.27. The lowest BCUT2D eigenvalue weighted by molar-refractivity contribution is 0.207. The van der Waals surface area contributed by atoms with Crippen LogP contribution in [-0.4, -0.2) is 33.6 Å². The highest BCUT2D eigenvalue weighted by molar-refractivity contribution is 7.18. The summed E-state index contributed by atoms with van der Waals surface area (Å²) in [6, 6.07) is 7.53. The predicted octanol–water partition coefficient (Wildman–Crippen LogP) is 3.78. The number of rotatable bonds is 4. The van der Waals surface area contributed by atoms with Gasteiger partial charge < -0.3 is 15.0 Å². The van der Waals surface area contributed by atoms with Crippen LogP contribution in [0.15, 0.2) is 35.4 Å². The molecular weight excluding hydrogens is 388 g/mol. The topological polar surface area (TPSA) is 76.5 Å². The fourth-order valence-corrected chi connectivity index (χ4v) is 4.98. The SMILES string of the molecule is CCOc1ccc(NC(=O)N2CCc3c(sc4ncn(C5CC5)c(=O)c34)C2)cc1. The minimum atomic E-state index is -0.138. The van der Waals surface area contributed by atoms with Crippen molar-refractivity contribution in [1.82, 2.24) is 14.5 Å². The van der Waals surface area contributed by atoms with E-state index in [9.17, 15) is 9.59 Å². The molecule has 2 amide bonds. The Morgan fingerprint density at radius 2 is 2.10 bits per heavy atom. The third-order valence-electron chi connectivity index (χ3n) is 5.43. The summed E-state index contributed by atoms with van der Waals surface area (Å²) in [6.07, 6.45) is 4.47. The average Bonchev–Trinajstić information content (AvgIpc) is 3.49. The van der Waals surface area contributed by atoms with Crippen molar-refractivity contribution in [2.75, 3.05) is 18.5 Å². The van der Waals surface area contributed by atoms with Gasteiger partial charge in [-0.05, 0) is 56.0 Å². The van der Waals surface area contributed by atoms with Crippen LogP contribution in [0.25, 0.3) is 10.2 Å². The summed E-state index contributed by atoms with van der Waals surface area (Å²) in [7, 11) is 0. The molecule has 1 N–H and O–H groups in total. The first-order valence-electron chi connectivity index (χ1n) is 9.94. The number of fused-ring (bicyclic) bond motifs is 3. The molecule has 2 aromatic heterocycles. The van der Waals surface area contributed by atoms with Gasteiger partial charge in [0.2, 0.25) is 0 Å². The first-order chi connectivity index (χ1) is 14.1. The molecule has 0 bridgehead atoms. The van der Waals surface area contributed by atoms with Crippen LogP contribution in [0, 0.1) is 0 Å². The number of nitrogens with zero attached hydrogens (tertiary/aromatic N) is 3. The second-order valence-electron chi connectivity index (χ2n) is 7.43. The molecule has 0 unspecified atom stereocenters. The number of ether oxygens (including phenoxy) is 1. The highest BCUT2D eigenvalue weighted by Gasteiger charge is 2.29. The molecule has 0 spiro atoms. The Bertz CT molecular complexity index is 1130. The van der Waals surface area contributed by atoms with E-state index in [-0.39, 0.29) is 11.6 Å². The largest absolute Gasteiger partial charge is 0.494 e. The van der Waals surface area contributed by atoms with Gasteiger partial charge in [0.1, 0.15) is 10.6 Å². The zero-order chi connectivity index (χ0) is 20.0. The smallest absolute Gasteiger partial charge is 0.322 e. The van der Waals surface area contributed by atoms with E-state index >= 15 is 0 Å². The van der Waals surface area contributed by atoms with E-state index in [0.29, 0.717) is 32.2 Å². The van der Waals surface area contributed by atoms with E-state index in [4.69, 9.17) is 4.74 Å². The Morgan fingerprint density at radius 3 is 2.83 bits per heavy atom. The summed E-state index contributed by atoms with van der Waals surface area (Å²) in [6.45, 7) is 3.63. The number of aromatic nitrogens is 2. The van der Waals surface area contributed by atoms with Crippen LogP contribution in [0.3, 0.4) is 0 Å². The lowest BCUT2D eigenvalue weighted by Crippen LogP contribution is -2.38. The van der Waals surface area contributed by atoms with E-state index in [1.54, 1.807) is 15.8 Å². The normalized spacial score (nSPS) is 16.0. The summed E-state index contributed by atoms with van der Waals surface area (Å²) in [5, 5.41) is 3.70. The van der Waals surface area contributed by atoms with Crippen LogP contribution in [0.5, 0.6) is 5.75 Å². The molecular formula is C21H22N4O3S. The van der Waals surface area contributed by atoms with Gasteiger partial charge in [0, 0.05) is 23.2 Å². The van der Waals surface area contributed by atoms with Crippen LogP contribution in [0.4, 0.5) is 10.5 Å². The Labute approximate surface area is 171 Å². The molecule has 0 saturated heterocycles. The zero-order valence-corrected chi connectivity index (χ0v) is 17.0. The quantitative estimate of drug-likeness (QED) is 0.710. The molecule has 1 aliphatic heterocycles. The molecule has 1 saturated carbocycles. The van der Waals surface area contributed by atoms with Gasteiger partial charge in [0.15, 0.2) is 0 Å². The minimum Gasteiger partial charge on any atom is -0.494 e. The van der Waals surface area contributed by atoms with Crippen LogP contribution in [0.1, 0.15) is 36.2 Å². The van der Waals surface area contributed by atoms with Gasteiger partial charge in [-0.2, -0.15) is 0 Å². The lowest BCUT2D eigenvalue weighted by atomic mass is 10.1. The van der Waals surface area contributed by atoms with Gasteiger partial charge >= 0.3 is 6.03 Å². The number of hydrogen-bond acceptors (Lipinski definition) is 5. The Morgan fingerprint density at radius 1 is 1.31 bits per heavy atom. The molecule has 5 rings (SSSR count). The zero-order valence-electron chi connectivity index (χ0n) is 16.2. The first-order valence-corrected chi connectivity index (χ1v) is 10.8. The second-order valence-corrected chi connectivity index (χ2v) is 8.51. The number of nitrogens with one attached hydrogen (secondary N) is 1. The Hall–Kier alpha value is -2.87. The van der Waals surface area contributed by atoms with Crippen LogP contribution < -0.4 is 15.6 Å². The molecule has 0 radical (unpaired) electrons. The Kier molecular flexibility index (Phi) is 4.50. The fraction of sp³-hybridized carbons (Fsp3) is 0.381. The first kappa shape index (κ1) is 18.2. The van der Waals surface area contributed by atoms with E-state index < -0.39 is 0 Å². The number of thiophene rings is 1. The van der Waals surface area contributed by atoms with Crippen molar-refractivity contribution in [3.63, 3.8) is 0 Å². The van der Waals surface area contributed by atoms with E-state index in [0.717, 1.165) is 44.9 Å². The van der Waals surface area contributed by atoms with E-state index in [1.807, 2.05) is 31.2 Å². The molecule has 1 aromatic carbocycles. The third-order valence-corrected chi connectivity index (χ3v) is 6.55. The number of benzene rings is 1. The van der Waals surface area contributed by atoms with Gasteiger partial charge in [0.25, 0.3) is 5.56 Å². The molecule has 8 heteroatoms. The van der Waals surface area contributed by atoms with Crippen molar-refractivity contribution >= 4 is 33.3 Å². The summed E-state index contributed by atoms with van der Waals surface area (Å²) in [4.78, 5) is 33.8. The van der Waals surface area contributed by atoms with Crippen LogP contribution >= 0.6 is 11.3 Å². The Balaban J connectivity index is 1.34. The molecule has 3 heterocycles. The van der Waals surface area contributed by atoms with Crippen molar-refractivity contribution in [3.05, 3.63) is 51.4 Å². The summed E-state index contributed by atoms with van der Waals surface area (Å²) in [5.41, 5.74) is 1.87. The average molecular weight is 410 g/mol. The van der Waals surface area contributed by atoms with Crippen molar-refractivity contribution < 1.29 is 9.53 Å². The highest BCUT2D eigenvalue weighted by Crippen LogP contribution is 2.36. The number of urea groups is 1. The third kappa shape index (κ3) is 3.37. The maximum absolute atomic E-state index is 12.9. The molecule has 3 aromatic rings. The molecule has 1 aliphatic carbocycles. The maximum Gasteiger partial charge on any atom is 0.322 e. The van der Waals surface area contributed by atoms with Crippen LogP contribution in [0.2, 0.25) is 0 Å². The number of amides is 2. The number of hydrogen-bond donors (Lipinski definition) is 1. The molecule has 0 atom stereocenters. The fourth-order valence-electron chi connectivity index (χ4n) is 3.79. The second kappa shape index (κ2) is 7.18. The maximum atomic E-state index is 12.9. The number of carbonyl (C=O) groups excluding carboxylic acids is 1. The van der Waals surface area contributed by atoms with E-state index in [2.05, 4.69) is 10.3 Å². The predicted molar refractivity (Wildman–Crippen MR) is 113 cm³/mol. The number of anilines is 1. The summed E-state index contributed by atoms with van der Waals surface area (Å²) >= 11 is 1.53. The van der Waals surface area contributed by atoms with Gasteiger partial charge in [-0.25, -0.2) is 9.78 Å². The molecule has 2 aliphatic rings. The van der Waals surface area contributed by atoms with Crippen molar-refractivity contribution in [1.29, 1.82) is 0 Å². The minimum absolute atomic E-state index is 0.0716. The van der Waals surface area contributed by atoms with Gasteiger partial charge in [0.05, 0.1) is 24.9 Å². The molecule has 29 heavy (non-hydrogen) atoms. The number of carbonyl (C=O) groups is 1.